The molecule has 0 radical (unpaired) electrons. The van der Waals surface area contributed by atoms with Gasteiger partial charge in [0.2, 0.25) is 5.13 Å². The molecule has 7 heteroatoms. The van der Waals surface area contributed by atoms with Gasteiger partial charge in [0.25, 0.3) is 5.91 Å². The van der Waals surface area contributed by atoms with Gasteiger partial charge in [0, 0.05) is 28.9 Å². The van der Waals surface area contributed by atoms with Crippen molar-refractivity contribution < 1.29 is 9.59 Å². The molecule has 1 amide bonds. The van der Waals surface area contributed by atoms with Crippen molar-refractivity contribution >= 4 is 28.7 Å². The lowest BCUT2D eigenvalue weighted by molar-refractivity contribution is 0.101. The Balaban J connectivity index is 1.59. The number of carbonyl (C=O) groups excluding carboxylic acids is 2. The molecular formula is C26H26N4O2S. The molecule has 0 unspecified atom stereocenters. The molecule has 1 N–H and O–H groups in total. The Bertz CT molecular complexity index is 1350. The number of carbonyl (C=O) groups is 2. The van der Waals surface area contributed by atoms with Gasteiger partial charge in [-0.2, -0.15) is 5.10 Å². The van der Waals surface area contributed by atoms with Gasteiger partial charge in [-0.25, -0.2) is 9.67 Å². The van der Waals surface area contributed by atoms with Crippen LogP contribution in [0.15, 0.2) is 48.5 Å². The molecule has 0 bridgehead atoms. The highest BCUT2D eigenvalue weighted by Gasteiger charge is 2.20. The topological polar surface area (TPSA) is 76.9 Å². The Morgan fingerprint density at radius 1 is 1.00 bits per heavy atom. The highest BCUT2D eigenvalue weighted by atomic mass is 32.1. The number of ketones is 1. The molecule has 0 fully saturated rings. The van der Waals surface area contributed by atoms with Crippen molar-refractivity contribution in [3.8, 4) is 5.13 Å². The van der Waals surface area contributed by atoms with E-state index in [2.05, 4.69) is 41.5 Å². The van der Waals surface area contributed by atoms with Gasteiger partial charge in [-0.15, -0.1) is 0 Å². The summed E-state index contributed by atoms with van der Waals surface area (Å²) in [5.74, 6) is -0.299. The molecule has 2 heterocycles. The van der Waals surface area contributed by atoms with E-state index in [1.165, 1.54) is 35.0 Å². The molecule has 0 saturated carbocycles. The summed E-state index contributed by atoms with van der Waals surface area (Å²) in [5, 5.41) is 8.25. The van der Waals surface area contributed by atoms with Gasteiger partial charge in [-0.3, -0.25) is 9.59 Å². The number of anilines is 1. The third kappa shape index (κ3) is 4.78. The van der Waals surface area contributed by atoms with E-state index >= 15 is 0 Å². The summed E-state index contributed by atoms with van der Waals surface area (Å²) < 4.78 is 1.82. The highest BCUT2D eigenvalue weighted by Crippen LogP contribution is 2.27. The van der Waals surface area contributed by atoms with Crippen molar-refractivity contribution in [3.05, 3.63) is 92.7 Å². The molecule has 0 saturated heterocycles. The van der Waals surface area contributed by atoms with Crippen molar-refractivity contribution in [1.82, 2.24) is 14.8 Å². The molecule has 0 aliphatic carbocycles. The second-order valence-corrected chi connectivity index (χ2v) is 9.20. The molecule has 2 aromatic heterocycles. The monoisotopic (exact) mass is 458 g/mol. The van der Waals surface area contributed by atoms with Crippen molar-refractivity contribution in [1.29, 1.82) is 0 Å². The van der Waals surface area contributed by atoms with E-state index in [-0.39, 0.29) is 11.7 Å². The molecule has 6 nitrogen and oxygen atoms in total. The van der Waals surface area contributed by atoms with Gasteiger partial charge in [-0.05, 0) is 52.3 Å². The molecule has 0 spiro atoms. The minimum atomic E-state index is -0.252. The molecule has 4 rings (SSSR count). The second kappa shape index (κ2) is 9.11. The first-order valence-electron chi connectivity index (χ1n) is 10.7. The fraction of sp³-hybridized carbons (Fsp3) is 0.231. The largest absolute Gasteiger partial charge is 0.321 e. The normalized spacial score (nSPS) is 10.9. The number of hydrogen-bond acceptors (Lipinski definition) is 5. The molecule has 0 aliphatic heterocycles. The number of Topliss-reactive ketones (excluding diaryl/α,β-unsaturated/α-hetero) is 1. The van der Waals surface area contributed by atoms with Crippen LogP contribution in [0.1, 0.15) is 60.7 Å². The molecule has 2 aromatic carbocycles. The fourth-order valence-corrected chi connectivity index (χ4v) is 4.68. The third-order valence-electron chi connectivity index (χ3n) is 5.64. The van der Waals surface area contributed by atoms with Crippen LogP contribution in [0.2, 0.25) is 0 Å². The quantitative estimate of drug-likeness (QED) is 0.381. The number of thiazole rings is 1. The average molecular weight is 459 g/mol. The maximum atomic E-state index is 12.9. The van der Waals surface area contributed by atoms with Gasteiger partial charge in [0.05, 0.1) is 11.4 Å². The smallest absolute Gasteiger partial charge is 0.267 e. The standard InChI is InChI=1S/C26H26N4O2S/c1-15-9-11-20(12-10-15)13-23-16(2)29-30(18(23)4)26-27-17(3)24(33-26)25(32)28-22-8-6-7-21(14-22)19(5)31/h6-12,14H,13H2,1-5H3,(H,28,32). The number of aromatic nitrogens is 3. The first-order chi connectivity index (χ1) is 15.7. The Hall–Kier alpha value is -3.58. The third-order valence-corrected chi connectivity index (χ3v) is 6.77. The van der Waals surface area contributed by atoms with Crippen LogP contribution < -0.4 is 5.32 Å². The van der Waals surface area contributed by atoms with Crippen molar-refractivity contribution in [3.63, 3.8) is 0 Å². The summed E-state index contributed by atoms with van der Waals surface area (Å²) in [5.41, 5.74) is 7.37. The summed E-state index contributed by atoms with van der Waals surface area (Å²) in [6.07, 6.45) is 0.794. The predicted molar refractivity (Wildman–Crippen MR) is 132 cm³/mol. The number of benzene rings is 2. The van der Waals surface area contributed by atoms with Crippen molar-refractivity contribution in [2.45, 2.75) is 41.0 Å². The van der Waals surface area contributed by atoms with Crippen LogP contribution in [-0.2, 0) is 6.42 Å². The summed E-state index contributed by atoms with van der Waals surface area (Å²) >= 11 is 1.31. The zero-order valence-electron chi connectivity index (χ0n) is 19.4. The van der Waals surface area contributed by atoms with Gasteiger partial charge in [-0.1, -0.05) is 53.3 Å². The number of aryl methyl sites for hydroxylation is 3. The number of amides is 1. The first kappa shape index (κ1) is 22.6. The van der Waals surface area contributed by atoms with Crippen LogP contribution in [0.4, 0.5) is 5.69 Å². The highest BCUT2D eigenvalue weighted by molar-refractivity contribution is 7.16. The van der Waals surface area contributed by atoms with E-state index in [0.717, 1.165) is 17.8 Å². The van der Waals surface area contributed by atoms with E-state index in [0.29, 0.717) is 27.0 Å². The maximum absolute atomic E-state index is 12.9. The van der Waals surface area contributed by atoms with E-state index in [1.54, 1.807) is 24.3 Å². The minimum absolute atomic E-state index is 0.0478. The number of hydrogen-bond donors (Lipinski definition) is 1. The number of nitrogens with one attached hydrogen (secondary N) is 1. The Morgan fingerprint density at radius 3 is 2.42 bits per heavy atom. The van der Waals surface area contributed by atoms with Crippen LogP contribution in [0.3, 0.4) is 0 Å². The lowest BCUT2D eigenvalue weighted by Gasteiger charge is -2.05. The number of nitrogens with zero attached hydrogens (tertiary/aromatic N) is 3. The fourth-order valence-electron chi connectivity index (χ4n) is 3.71. The summed E-state index contributed by atoms with van der Waals surface area (Å²) in [7, 11) is 0. The van der Waals surface area contributed by atoms with Crippen LogP contribution in [-0.4, -0.2) is 26.5 Å². The zero-order valence-corrected chi connectivity index (χ0v) is 20.2. The van der Waals surface area contributed by atoms with Crippen molar-refractivity contribution in [2.75, 3.05) is 5.32 Å². The second-order valence-electron chi connectivity index (χ2n) is 8.23. The van der Waals surface area contributed by atoms with Gasteiger partial charge < -0.3 is 5.32 Å². The Kier molecular flexibility index (Phi) is 6.24. The first-order valence-corrected chi connectivity index (χ1v) is 11.6. The predicted octanol–water partition coefficient (Wildman–Crippen LogP) is 5.61. The molecule has 168 valence electrons. The summed E-state index contributed by atoms with van der Waals surface area (Å²) in [6.45, 7) is 9.44. The zero-order chi connectivity index (χ0) is 23.7. The molecule has 4 aromatic rings. The average Bonchev–Trinajstić information content (AvgIpc) is 3.30. The van der Waals surface area contributed by atoms with Crippen LogP contribution in [0, 0.1) is 27.7 Å². The molecule has 0 atom stereocenters. The molecular weight excluding hydrogens is 432 g/mol. The van der Waals surface area contributed by atoms with E-state index in [4.69, 9.17) is 5.10 Å². The summed E-state index contributed by atoms with van der Waals surface area (Å²) in [6, 6.07) is 15.4. The van der Waals surface area contributed by atoms with Gasteiger partial charge in [0.15, 0.2) is 5.78 Å². The lowest BCUT2D eigenvalue weighted by atomic mass is 10.0. The van der Waals surface area contributed by atoms with E-state index < -0.39 is 0 Å². The molecule has 0 aliphatic rings. The SMILES string of the molecule is CC(=O)c1cccc(NC(=O)c2sc(-n3nc(C)c(Cc4ccc(C)cc4)c3C)nc2C)c1. The van der Waals surface area contributed by atoms with Crippen molar-refractivity contribution in [2.24, 2.45) is 0 Å². The van der Waals surface area contributed by atoms with Gasteiger partial charge in [0.1, 0.15) is 4.88 Å². The minimum Gasteiger partial charge on any atom is -0.321 e. The van der Waals surface area contributed by atoms with Gasteiger partial charge >= 0.3 is 0 Å². The van der Waals surface area contributed by atoms with Crippen LogP contribution in [0.5, 0.6) is 0 Å². The van der Waals surface area contributed by atoms with E-state index in [9.17, 15) is 9.59 Å². The Morgan fingerprint density at radius 2 is 1.73 bits per heavy atom. The summed E-state index contributed by atoms with van der Waals surface area (Å²) in [4.78, 5) is 29.7. The number of rotatable bonds is 6. The maximum Gasteiger partial charge on any atom is 0.267 e. The lowest BCUT2D eigenvalue weighted by Crippen LogP contribution is -2.11. The van der Waals surface area contributed by atoms with Crippen LogP contribution in [0.25, 0.3) is 5.13 Å². The Labute approximate surface area is 197 Å². The van der Waals surface area contributed by atoms with E-state index in [1.807, 2.05) is 25.5 Å². The van der Waals surface area contributed by atoms with Crippen LogP contribution >= 0.6 is 11.3 Å². The molecule has 33 heavy (non-hydrogen) atoms.